The third kappa shape index (κ3) is 10.7. The van der Waals surface area contributed by atoms with Gasteiger partial charge in [0.1, 0.15) is 5.57 Å². The lowest BCUT2D eigenvalue weighted by Crippen LogP contribution is -2.03. The van der Waals surface area contributed by atoms with E-state index in [2.05, 4.69) is 25.7 Å². The maximum Gasteiger partial charge on any atom is 0.346 e. The second-order valence-corrected chi connectivity index (χ2v) is 5.07. The predicted molar refractivity (Wildman–Crippen MR) is 85.4 cm³/mol. The van der Waals surface area contributed by atoms with Crippen LogP contribution < -0.4 is 0 Å². The van der Waals surface area contributed by atoms with E-state index in [1.165, 1.54) is 45.6 Å². The summed E-state index contributed by atoms with van der Waals surface area (Å²) < 4.78 is 4.78. The normalized spacial score (nSPS) is 10.8. The van der Waals surface area contributed by atoms with Crippen LogP contribution in [0, 0.1) is 11.8 Å². The summed E-state index contributed by atoms with van der Waals surface area (Å²) in [5.74, 6) is 5.76. The zero-order valence-electron chi connectivity index (χ0n) is 13.5. The van der Waals surface area contributed by atoms with E-state index < -0.39 is 0 Å². The van der Waals surface area contributed by atoms with Crippen molar-refractivity contribution in [3.63, 3.8) is 0 Å². The Morgan fingerprint density at radius 1 is 1.00 bits per heavy atom. The van der Waals surface area contributed by atoms with Crippen LogP contribution in [0.2, 0.25) is 0 Å². The molecule has 0 saturated carbocycles. The number of unbranched alkanes of at least 4 members (excludes halogenated alkanes) is 8. The molecule has 0 aromatic carbocycles. The van der Waals surface area contributed by atoms with Crippen molar-refractivity contribution < 1.29 is 9.53 Å². The van der Waals surface area contributed by atoms with Gasteiger partial charge >= 0.3 is 5.97 Å². The van der Waals surface area contributed by atoms with Crippen molar-refractivity contribution in [1.29, 1.82) is 0 Å². The van der Waals surface area contributed by atoms with Gasteiger partial charge in [0.15, 0.2) is 0 Å². The molecule has 2 nitrogen and oxygen atoms in total. The maximum absolute atomic E-state index is 11.6. The van der Waals surface area contributed by atoms with Crippen LogP contribution in [0.15, 0.2) is 11.6 Å². The van der Waals surface area contributed by atoms with Crippen LogP contribution >= 0.6 is 0 Å². The van der Waals surface area contributed by atoms with Crippen molar-refractivity contribution in [2.24, 2.45) is 0 Å². The van der Waals surface area contributed by atoms with E-state index in [1.54, 1.807) is 0 Å². The topological polar surface area (TPSA) is 26.3 Å². The summed E-state index contributed by atoms with van der Waals surface area (Å²) in [4.78, 5) is 11.6. The van der Waals surface area contributed by atoms with E-state index in [0.29, 0.717) is 5.57 Å². The summed E-state index contributed by atoms with van der Waals surface area (Å²) in [6.07, 6.45) is 13.4. The summed E-state index contributed by atoms with van der Waals surface area (Å²) in [6.45, 7) is 4.39. The summed E-state index contributed by atoms with van der Waals surface area (Å²) in [6, 6.07) is 0. The van der Waals surface area contributed by atoms with Crippen LogP contribution in [-0.2, 0) is 9.53 Å². The molecule has 0 aliphatic rings. The number of methoxy groups -OCH3 is 1. The molecule has 114 valence electrons. The Balaban J connectivity index is 4.17. The Morgan fingerprint density at radius 2 is 1.65 bits per heavy atom. The van der Waals surface area contributed by atoms with E-state index in [9.17, 15) is 4.79 Å². The van der Waals surface area contributed by atoms with E-state index in [-0.39, 0.29) is 5.97 Å². The van der Waals surface area contributed by atoms with Crippen molar-refractivity contribution in [3.05, 3.63) is 11.6 Å². The van der Waals surface area contributed by atoms with Crippen LogP contribution in [0.1, 0.15) is 78.1 Å². The van der Waals surface area contributed by atoms with Gasteiger partial charge in [-0.1, -0.05) is 70.3 Å². The fourth-order valence-electron chi connectivity index (χ4n) is 1.91. The van der Waals surface area contributed by atoms with Crippen LogP contribution in [0.3, 0.4) is 0 Å². The smallest absolute Gasteiger partial charge is 0.346 e. The summed E-state index contributed by atoms with van der Waals surface area (Å²) in [5, 5.41) is 0. The first-order valence-electron chi connectivity index (χ1n) is 8.03. The molecule has 0 N–H and O–H groups in total. The first-order chi connectivity index (χ1) is 9.76. The van der Waals surface area contributed by atoms with Gasteiger partial charge in [0.25, 0.3) is 0 Å². The first-order valence-corrected chi connectivity index (χ1v) is 8.03. The molecule has 0 atom stereocenters. The summed E-state index contributed by atoms with van der Waals surface area (Å²) >= 11 is 0. The summed E-state index contributed by atoms with van der Waals surface area (Å²) in [7, 11) is 1.41. The fraction of sp³-hybridized carbons (Fsp3) is 0.722. The highest BCUT2D eigenvalue weighted by atomic mass is 16.5. The standard InChI is InChI=1S/C18H30O2/c1-4-6-8-10-12-14-16-17(18(19)20-3)15-13-11-9-7-5-2/h15H,4-13H2,1-3H3/b17-15+. The maximum atomic E-state index is 11.6. The minimum Gasteiger partial charge on any atom is -0.465 e. The van der Waals surface area contributed by atoms with Crippen LogP contribution in [0.25, 0.3) is 0 Å². The molecule has 0 aliphatic heterocycles. The van der Waals surface area contributed by atoms with Crippen LogP contribution in [0.4, 0.5) is 0 Å². The lowest BCUT2D eigenvalue weighted by Gasteiger charge is -1.99. The third-order valence-corrected chi connectivity index (χ3v) is 3.19. The number of carbonyl (C=O) groups is 1. The Hall–Kier alpha value is -1.23. The Kier molecular flexibility index (Phi) is 13.3. The molecule has 0 fully saturated rings. The monoisotopic (exact) mass is 278 g/mol. The number of ether oxygens (including phenoxy) is 1. The minimum atomic E-state index is -0.304. The average Bonchev–Trinajstić information content (AvgIpc) is 2.47. The van der Waals surface area contributed by atoms with Gasteiger partial charge in [-0.05, 0) is 19.3 Å². The zero-order valence-corrected chi connectivity index (χ0v) is 13.5. The lowest BCUT2D eigenvalue weighted by atomic mass is 10.1. The molecule has 0 aromatic heterocycles. The van der Waals surface area contributed by atoms with Crippen molar-refractivity contribution in [2.75, 3.05) is 7.11 Å². The SMILES string of the molecule is CCCCCCC#C/C(=C\CCCCCC)C(=O)OC. The van der Waals surface area contributed by atoms with Gasteiger partial charge in [-0.25, -0.2) is 4.79 Å². The van der Waals surface area contributed by atoms with E-state index in [0.717, 1.165) is 25.7 Å². The highest BCUT2D eigenvalue weighted by molar-refractivity contribution is 5.93. The molecule has 0 rings (SSSR count). The number of hydrogen-bond acceptors (Lipinski definition) is 2. The molecule has 0 spiro atoms. The minimum absolute atomic E-state index is 0.304. The van der Waals surface area contributed by atoms with Gasteiger partial charge in [-0.15, -0.1) is 0 Å². The molecule has 0 heterocycles. The Bertz CT molecular complexity index is 331. The van der Waals surface area contributed by atoms with Crippen LogP contribution in [0.5, 0.6) is 0 Å². The molecule has 0 aliphatic carbocycles. The van der Waals surface area contributed by atoms with Crippen molar-refractivity contribution >= 4 is 5.97 Å². The largest absolute Gasteiger partial charge is 0.465 e. The lowest BCUT2D eigenvalue weighted by molar-refractivity contribution is -0.135. The predicted octanol–water partition coefficient (Wildman–Crippen LogP) is 5.03. The number of allylic oxidation sites excluding steroid dienone is 1. The number of carbonyl (C=O) groups excluding carboxylic acids is 1. The molecule has 20 heavy (non-hydrogen) atoms. The highest BCUT2D eigenvalue weighted by Gasteiger charge is 2.05. The summed E-state index contributed by atoms with van der Waals surface area (Å²) in [5.41, 5.74) is 0.527. The molecule has 0 amide bonds. The fourth-order valence-corrected chi connectivity index (χ4v) is 1.91. The van der Waals surface area contributed by atoms with Gasteiger partial charge in [-0.2, -0.15) is 0 Å². The number of rotatable bonds is 10. The molecular formula is C18H30O2. The molecule has 0 saturated heterocycles. The van der Waals surface area contributed by atoms with Gasteiger partial charge in [-0.3, -0.25) is 0 Å². The molecule has 0 bridgehead atoms. The molecule has 0 aromatic rings. The Morgan fingerprint density at radius 3 is 2.25 bits per heavy atom. The average molecular weight is 278 g/mol. The first kappa shape index (κ1) is 18.8. The van der Waals surface area contributed by atoms with Crippen LogP contribution in [-0.4, -0.2) is 13.1 Å². The van der Waals surface area contributed by atoms with Gasteiger partial charge in [0, 0.05) is 6.42 Å². The number of hydrogen-bond donors (Lipinski definition) is 0. The molecular weight excluding hydrogens is 248 g/mol. The van der Waals surface area contributed by atoms with E-state index in [4.69, 9.17) is 4.74 Å². The Labute approximate surface area is 125 Å². The van der Waals surface area contributed by atoms with Gasteiger partial charge < -0.3 is 4.74 Å². The van der Waals surface area contributed by atoms with Crippen molar-refractivity contribution in [1.82, 2.24) is 0 Å². The van der Waals surface area contributed by atoms with Crippen molar-refractivity contribution in [2.45, 2.75) is 78.1 Å². The van der Waals surface area contributed by atoms with E-state index in [1.807, 2.05) is 6.08 Å². The third-order valence-electron chi connectivity index (χ3n) is 3.19. The molecule has 0 unspecified atom stereocenters. The quantitative estimate of drug-likeness (QED) is 0.242. The van der Waals surface area contributed by atoms with Crippen molar-refractivity contribution in [3.8, 4) is 11.8 Å². The van der Waals surface area contributed by atoms with Gasteiger partial charge in [0.05, 0.1) is 7.11 Å². The van der Waals surface area contributed by atoms with Gasteiger partial charge in [0.2, 0.25) is 0 Å². The van der Waals surface area contributed by atoms with E-state index >= 15 is 0 Å². The molecule has 0 radical (unpaired) electrons. The zero-order chi connectivity index (χ0) is 15.1. The second-order valence-electron chi connectivity index (χ2n) is 5.07. The number of esters is 1. The second kappa shape index (κ2) is 14.2. The molecule has 2 heteroatoms. The highest BCUT2D eigenvalue weighted by Crippen LogP contribution is 2.07.